The van der Waals surface area contributed by atoms with Gasteiger partial charge in [0.1, 0.15) is 0 Å². The molecule has 2 heteroatoms. The molecule has 0 atom stereocenters. The molecule has 12 heavy (non-hydrogen) atoms. The van der Waals surface area contributed by atoms with Gasteiger partial charge in [0.05, 0.1) is 6.61 Å². The lowest BCUT2D eigenvalue weighted by atomic mass is 10.1. The van der Waals surface area contributed by atoms with Crippen LogP contribution in [0.4, 0.5) is 0 Å². The van der Waals surface area contributed by atoms with Gasteiger partial charge in [0.15, 0.2) is 0 Å². The number of nitrogens with two attached hydrogens (primary N) is 1. The lowest BCUT2D eigenvalue weighted by molar-refractivity contribution is 0.133. The quantitative estimate of drug-likeness (QED) is 0.329. The fourth-order valence-corrected chi connectivity index (χ4v) is 1.18. The summed E-state index contributed by atoms with van der Waals surface area (Å²) < 4.78 is 0. The zero-order valence-corrected chi connectivity index (χ0v) is 7.93. The normalized spacial score (nSPS) is 10.1. The summed E-state index contributed by atoms with van der Waals surface area (Å²) >= 11 is 0. The molecule has 0 spiro atoms. The number of hydrogen-bond acceptors (Lipinski definition) is 2. The van der Waals surface area contributed by atoms with Crippen molar-refractivity contribution >= 4 is 0 Å². The minimum Gasteiger partial charge on any atom is -0.305 e. The van der Waals surface area contributed by atoms with E-state index in [1.165, 1.54) is 32.1 Å². The van der Waals surface area contributed by atoms with Crippen molar-refractivity contribution in [2.75, 3.05) is 6.61 Å². The van der Waals surface area contributed by atoms with Gasteiger partial charge in [-0.25, -0.2) is 5.90 Å². The van der Waals surface area contributed by atoms with Crippen molar-refractivity contribution < 1.29 is 4.84 Å². The zero-order chi connectivity index (χ0) is 9.07. The van der Waals surface area contributed by atoms with Gasteiger partial charge in [-0.1, -0.05) is 31.8 Å². The molecule has 0 fully saturated rings. The van der Waals surface area contributed by atoms with Crippen molar-refractivity contribution in [3.05, 3.63) is 12.7 Å². The van der Waals surface area contributed by atoms with Gasteiger partial charge in [-0.05, 0) is 19.3 Å². The average Bonchev–Trinajstić information content (AvgIpc) is 2.10. The van der Waals surface area contributed by atoms with Crippen LogP contribution in [0.3, 0.4) is 0 Å². The summed E-state index contributed by atoms with van der Waals surface area (Å²) in [4.78, 5) is 4.47. The molecule has 0 unspecified atom stereocenters. The van der Waals surface area contributed by atoms with E-state index >= 15 is 0 Å². The van der Waals surface area contributed by atoms with E-state index < -0.39 is 0 Å². The van der Waals surface area contributed by atoms with E-state index in [9.17, 15) is 0 Å². The minimum absolute atomic E-state index is 0.701. The summed E-state index contributed by atoms with van der Waals surface area (Å²) in [7, 11) is 0. The van der Waals surface area contributed by atoms with E-state index in [2.05, 4.69) is 11.4 Å². The van der Waals surface area contributed by atoms with Crippen molar-refractivity contribution in [1.29, 1.82) is 0 Å². The first-order chi connectivity index (χ1) is 5.91. The van der Waals surface area contributed by atoms with Gasteiger partial charge in [-0.2, -0.15) is 0 Å². The SMILES string of the molecule is C=CCCCCCCCCON. The smallest absolute Gasteiger partial charge is 0.0679 e. The van der Waals surface area contributed by atoms with Crippen LogP contribution in [-0.4, -0.2) is 6.61 Å². The molecule has 0 rings (SSSR count). The first-order valence-electron chi connectivity index (χ1n) is 4.84. The maximum absolute atomic E-state index is 4.90. The molecule has 0 aromatic rings. The van der Waals surface area contributed by atoms with Crippen molar-refractivity contribution in [2.45, 2.75) is 44.9 Å². The van der Waals surface area contributed by atoms with Crippen molar-refractivity contribution in [3.63, 3.8) is 0 Å². The highest BCUT2D eigenvalue weighted by Crippen LogP contribution is 2.06. The van der Waals surface area contributed by atoms with Crippen LogP contribution in [0.25, 0.3) is 0 Å². The highest BCUT2D eigenvalue weighted by Gasteiger charge is 1.89. The summed E-state index contributed by atoms with van der Waals surface area (Å²) in [5.41, 5.74) is 0. The fourth-order valence-electron chi connectivity index (χ4n) is 1.18. The molecule has 0 heterocycles. The Morgan fingerprint density at radius 3 is 2.17 bits per heavy atom. The first-order valence-corrected chi connectivity index (χ1v) is 4.84. The second-order valence-electron chi connectivity index (χ2n) is 3.07. The Balaban J connectivity index is 2.77. The van der Waals surface area contributed by atoms with Crippen LogP contribution in [0.2, 0.25) is 0 Å². The summed E-state index contributed by atoms with van der Waals surface area (Å²) in [6.07, 6.45) is 10.7. The average molecular weight is 171 g/mol. The number of hydrogen-bond donors (Lipinski definition) is 1. The molecular formula is C10H21NO. The number of rotatable bonds is 9. The molecule has 0 saturated heterocycles. The van der Waals surface area contributed by atoms with E-state index in [0.717, 1.165) is 12.8 Å². The van der Waals surface area contributed by atoms with E-state index in [-0.39, 0.29) is 0 Å². The molecule has 0 aliphatic rings. The molecule has 0 radical (unpaired) electrons. The molecule has 0 bridgehead atoms. The maximum Gasteiger partial charge on any atom is 0.0679 e. The molecule has 0 aliphatic heterocycles. The Bertz CT molecular complexity index is 93.8. The highest BCUT2D eigenvalue weighted by atomic mass is 16.6. The van der Waals surface area contributed by atoms with E-state index in [4.69, 9.17) is 5.90 Å². The van der Waals surface area contributed by atoms with Gasteiger partial charge in [0.25, 0.3) is 0 Å². The molecular weight excluding hydrogens is 150 g/mol. The third kappa shape index (κ3) is 9.66. The Morgan fingerprint density at radius 2 is 1.58 bits per heavy atom. The van der Waals surface area contributed by atoms with Gasteiger partial charge in [0, 0.05) is 0 Å². The Morgan fingerprint density at radius 1 is 1.00 bits per heavy atom. The van der Waals surface area contributed by atoms with Gasteiger partial charge in [0.2, 0.25) is 0 Å². The second-order valence-corrected chi connectivity index (χ2v) is 3.07. The van der Waals surface area contributed by atoms with Gasteiger partial charge in [-0.3, -0.25) is 0 Å². The lowest BCUT2D eigenvalue weighted by Gasteiger charge is -1.99. The summed E-state index contributed by atoms with van der Waals surface area (Å²) in [6, 6.07) is 0. The molecule has 0 aliphatic carbocycles. The molecule has 72 valence electrons. The topological polar surface area (TPSA) is 35.2 Å². The lowest BCUT2D eigenvalue weighted by Crippen LogP contribution is -2.00. The molecule has 0 aromatic carbocycles. The number of allylic oxidation sites excluding steroid dienone is 1. The summed E-state index contributed by atoms with van der Waals surface area (Å²) in [5, 5.41) is 0. The Kier molecular flexibility index (Phi) is 10.4. The Labute approximate surface area is 75.7 Å². The van der Waals surface area contributed by atoms with Crippen LogP contribution >= 0.6 is 0 Å². The van der Waals surface area contributed by atoms with E-state index in [1.54, 1.807) is 0 Å². The van der Waals surface area contributed by atoms with E-state index in [0.29, 0.717) is 6.61 Å². The second kappa shape index (κ2) is 10.7. The van der Waals surface area contributed by atoms with Crippen LogP contribution in [0.15, 0.2) is 12.7 Å². The third-order valence-electron chi connectivity index (χ3n) is 1.92. The van der Waals surface area contributed by atoms with Crippen molar-refractivity contribution in [2.24, 2.45) is 5.90 Å². The maximum atomic E-state index is 4.90. The van der Waals surface area contributed by atoms with Gasteiger partial charge >= 0.3 is 0 Å². The predicted octanol–water partition coefficient (Wildman–Crippen LogP) is 2.79. The fraction of sp³-hybridized carbons (Fsp3) is 0.800. The summed E-state index contributed by atoms with van der Waals surface area (Å²) in [6.45, 7) is 4.39. The third-order valence-corrected chi connectivity index (χ3v) is 1.92. The largest absolute Gasteiger partial charge is 0.305 e. The molecule has 0 aromatic heterocycles. The standard InChI is InChI=1S/C10H21NO/c1-2-3-4-5-6-7-8-9-10-12-11/h2H,1,3-11H2. The highest BCUT2D eigenvalue weighted by molar-refractivity contribution is 4.65. The minimum atomic E-state index is 0.701. The first kappa shape index (κ1) is 11.7. The van der Waals surface area contributed by atoms with E-state index in [1.807, 2.05) is 6.08 Å². The van der Waals surface area contributed by atoms with Gasteiger partial charge in [-0.15, -0.1) is 6.58 Å². The Hall–Kier alpha value is -0.340. The summed E-state index contributed by atoms with van der Waals surface area (Å²) in [5.74, 6) is 4.90. The van der Waals surface area contributed by atoms with Crippen molar-refractivity contribution in [3.8, 4) is 0 Å². The monoisotopic (exact) mass is 171 g/mol. The molecule has 0 saturated carbocycles. The number of unbranched alkanes of at least 4 members (excludes halogenated alkanes) is 6. The van der Waals surface area contributed by atoms with Gasteiger partial charge < -0.3 is 4.84 Å². The van der Waals surface area contributed by atoms with Crippen LogP contribution in [0.1, 0.15) is 44.9 Å². The predicted molar refractivity (Wildman–Crippen MR) is 52.7 cm³/mol. The zero-order valence-electron chi connectivity index (χ0n) is 7.93. The molecule has 2 nitrogen and oxygen atoms in total. The van der Waals surface area contributed by atoms with Crippen LogP contribution in [0.5, 0.6) is 0 Å². The molecule has 0 amide bonds. The van der Waals surface area contributed by atoms with Crippen LogP contribution < -0.4 is 5.90 Å². The van der Waals surface area contributed by atoms with Crippen LogP contribution in [-0.2, 0) is 4.84 Å². The van der Waals surface area contributed by atoms with Crippen molar-refractivity contribution in [1.82, 2.24) is 0 Å². The molecule has 2 N–H and O–H groups in total. The van der Waals surface area contributed by atoms with Crippen LogP contribution in [0, 0.1) is 0 Å².